The Morgan fingerprint density at radius 3 is 2.60 bits per heavy atom. The second kappa shape index (κ2) is 7.40. The summed E-state index contributed by atoms with van der Waals surface area (Å²) in [6.45, 7) is 5.53. The first-order valence-corrected chi connectivity index (χ1v) is 9.04. The highest BCUT2D eigenvalue weighted by molar-refractivity contribution is 5.95. The van der Waals surface area contributed by atoms with Gasteiger partial charge in [-0.05, 0) is 50.3 Å². The zero-order chi connectivity index (χ0) is 17.9. The first-order valence-electron chi connectivity index (χ1n) is 9.04. The number of benzene rings is 2. The van der Waals surface area contributed by atoms with E-state index in [1.165, 1.54) is 11.1 Å². The van der Waals surface area contributed by atoms with Crippen molar-refractivity contribution in [2.45, 2.75) is 33.1 Å². The highest BCUT2D eigenvalue weighted by Crippen LogP contribution is 2.34. The number of rotatable bonds is 4. The lowest BCUT2D eigenvalue weighted by atomic mass is 9.75. The Kier molecular flexibility index (Phi) is 5.24. The minimum atomic E-state index is -0.242. The van der Waals surface area contributed by atoms with Gasteiger partial charge in [0.15, 0.2) is 0 Å². The largest absolute Gasteiger partial charge is 0.396 e. The second-order valence-corrected chi connectivity index (χ2v) is 7.47. The van der Waals surface area contributed by atoms with Crippen molar-refractivity contribution in [3.05, 3.63) is 70.8 Å². The molecule has 0 saturated carbocycles. The Bertz CT molecular complexity index is 741. The number of hydrogen-bond donors (Lipinski definition) is 1. The van der Waals surface area contributed by atoms with Gasteiger partial charge in [0, 0.05) is 24.1 Å². The molecule has 0 radical (unpaired) electrons. The van der Waals surface area contributed by atoms with Gasteiger partial charge in [0.1, 0.15) is 0 Å². The van der Waals surface area contributed by atoms with E-state index in [0.29, 0.717) is 6.54 Å². The number of piperidine rings is 1. The molecule has 0 aromatic heterocycles. The van der Waals surface area contributed by atoms with Gasteiger partial charge in [0.05, 0.1) is 6.61 Å². The first-order chi connectivity index (χ1) is 12.0. The molecule has 3 rings (SSSR count). The van der Waals surface area contributed by atoms with Crippen LogP contribution >= 0.6 is 0 Å². The van der Waals surface area contributed by atoms with Crippen LogP contribution < -0.4 is 0 Å². The molecule has 132 valence electrons. The molecular formula is C22H27NO2. The Morgan fingerprint density at radius 2 is 1.92 bits per heavy atom. The predicted molar refractivity (Wildman–Crippen MR) is 101 cm³/mol. The Balaban J connectivity index is 1.80. The summed E-state index contributed by atoms with van der Waals surface area (Å²) >= 11 is 0. The number of carbonyl (C=O) groups is 1. The van der Waals surface area contributed by atoms with Crippen LogP contribution in [-0.2, 0) is 6.42 Å². The normalized spacial score (nSPS) is 20.5. The zero-order valence-corrected chi connectivity index (χ0v) is 15.2. The van der Waals surface area contributed by atoms with E-state index in [0.717, 1.165) is 36.9 Å². The summed E-state index contributed by atoms with van der Waals surface area (Å²) < 4.78 is 0. The fourth-order valence-corrected chi connectivity index (χ4v) is 3.96. The maximum atomic E-state index is 13.0. The Hall–Kier alpha value is -2.13. The number of nitrogens with zero attached hydrogens (tertiary/aromatic N) is 1. The molecular weight excluding hydrogens is 310 g/mol. The smallest absolute Gasteiger partial charge is 0.254 e. The van der Waals surface area contributed by atoms with Crippen molar-refractivity contribution in [2.75, 3.05) is 19.7 Å². The van der Waals surface area contributed by atoms with Gasteiger partial charge < -0.3 is 10.0 Å². The lowest BCUT2D eigenvalue weighted by molar-refractivity contribution is 0.0271. The monoisotopic (exact) mass is 337 g/mol. The lowest BCUT2D eigenvalue weighted by Gasteiger charge is -2.42. The van der Waals surface area contributed by atoms with Crippen LogP contribution in [0.5, 0.6) is 0 Å². The highest BCUT2D eigenvalue weighted by atomic mass is 16.3. The molecule has 0 bridgehead atoms. The van der Waals surface area contributed by atoms with E-state index < -0.39 is 0 Å². The average molecular weight is 337 g/mol. The third kappa shape index (κ3) is 3.93. The van der Waals surface area contributed by atoms with Crippen molar-refractivity contribution in [1.82, 2.24) is 4.90 Å². The molecule has 25 heavy (non-hydrogen) atoms. The topological polar surface area (TPSA) is 40.5 Å². The summed E-state index contributed by atoms with van der Waals surface area (Å²) in [5.74, 6) is 0.0862. The predicted octanol–water partition coefficient (Wildman–Crippen LogP) is 3.76. The van der Waals surface area contributed by atoms with E-state index in [9.17, 15) is 9.90 Å². The van der Waals surface area contributed by atoms with Crippen molar-refractivity contribution in [1.29, 1.82) is 0 Å². The maximum Gasteiger partial charge on any atom is 0.254 e. The molecule has 3 nitrogen and oxygen atoms in total. The van der Waals surface area contributed by atoms with Crippen LogP contribution in [0, 0.1) is 19.3 Å². The number of carbonyl (C=O) groups excluding carboxylic acids is 1. The summed E-state index contributed by atoms with van der Waals surface area (Å²) in [6.07, 6.45) is 2.69. The third-order valence-corrected chi connectivity index (χ3v) is 5.32. The molecule has 1 aliphatic rings. The molecule has 2 aromatic carbocycles. The fourth-order valence-electron chi connectivity index (χ4n) is 3.96. The second-order valence-electron chi connectivity index (χ2n) is 7.47. The molecule has 1 fully saturated rings. The summed E-state index contributed by atoms with van der Waals surface area (Å²) in [4.78, 5) is 15.0. The van der Waals surface area contributed by atoms with Crippen molar-refractivity contribution in [3.8, 4) is 0 Å². The maximum absolute atomic E-state index is 13.0. The van der Waals surface area contributed by atoms with E-state index in [2.05, 4.69) is 18.2 Å². The summed E-state index contributed by atoms with van der Waals surface area (Å²) in [6, 6.07) is 16.2. The third-order valence-electron chi connectivity index (χ3n) is 5.32. The summed E-state index contributed by atoms with van der Waals surface area (Å²) in [5.41, 5.74) is 3.94. The standard InChI is InChI=1S/C22H27NO2/c1-17-9-10-20(18(2)13-17)21(25)23-12-6-11-22(15-23,16-24)14-19-7-4-3-5-8-19/h3-5,7-10,13,24H,6,11-12,14-16H2,1-2H3. The van der Waals surface area contributed by atoms with Gasteiger partial charge in [-0.15, -0.1) is 0 Å². The minimum Gasteiger partial charge on any atom is -0.396 e. The van der Waals surface area contributed by atoms with Gasteiger partial charge in [0.25, 0.3) is 5.91 Å². The van der Waals surface area contributed by atoms with Crippen LogP contribution in [0.3, 0.4) is 0 Å². The van der Waals surface area contributed by atoms with Gasteiger partial charge in [-0.1, -0.05) is 48.0 Å². The molecule has 2 aromatic rings. The van der Waals surface area contributed by atoms with E-state index in [1.54, 1.807) is 0 Å². The van der Waals surface area contributed by atoms with E-state index in [-0.39, 0.29) is 17.9 Å². The Labute approximate surface area is 150 Å². The summed E-state index contributed by atoms with van der Waals surface area (Å²) in [7, 11) is 0. The van der Waals surface area contributed by atoms with E-state index >= 15 is 0 Å². The molecule has 3 heteroatoms. The minimum absolute atomic E-state index is 0.0862. The van der Waals surface area contributed by atoms with Crippen LogP contribution in [-0.4, -0.2) is 35.6 Å². The van der Waals surface area contributed by atoms with Gasteiger partial charge in [-0.3, -0.25) is 4.79 Å². The lowest BCUT2D eigenvalue weighted by Crippen LogP contribution is -2.49. The van der Waals surface area contributed by atoms with Crippen molar-refractivity contribution < 1.29 is 9.90 Å². The van der Waals surface area contributed by atoms with Gasteiger partial charge in [-0.2, -0.15) is 0 Å². The highest BCUT2D eigenvalue weighted by Gasteiger charge is 2.37. The first kappa shape index (κ1) is 17.7. The Morgan fingerprint density at radius 1 is 1.16 bits per heavy atom. The molecule has 1 heterocycles. The molecule has 1 N–H and O–H groups in total. The van der Waals surface area contributed by atoms with Gasteiger partial charge in [0.2, 0.25) is 0 Å². The molecule has 1 atom stereocenters. The number of hydrogen-bond acceptors (Lipinski definition) is 2. The molecule has 1 aliphatic heterocycles. The molecule has 0 spiro atoms. The zero-order valence-electron chi connectivity index (χ0n) is 15.2. The number of aliphatic hydroxyl groups is 1. The molecule has 1 amide bonds. The quantitative estimate of drug-likeness (QED) is 0.923. The van der Waals surface area contributed by atoms with Crippen LogP contribution in [0.25, 0.3) is 0 Å². The molecule has 1 unspecified atom stereocenters. The van der Waals surface area contributed by atoms with Gasteiger partial charge in [-0.25, -0.2) is 0 Å². The van der Waals surface area contributed by atoms with Crippen LogP contribution in [0.4, 0.5) is 0 Å². The van der Waals surface area contributed by atoms with E-state index in [4.69, 9.17) is 0 Å². The van der Waals surface area contributed by atoms with Crippen LogP contribution in [0.15, 0.2) is 48.5 Å². The van der Waals surface area contributed by atoms with Crippen LogP contribution in [0.2, 0.25) is 0 Å². The fraction of sp³-hybridized carbons (Fsp3) is 0.409. The van der Waals surface area contributed by atoms with E-state index in [1.807, 2.05) is 49.1 Å². The number of amides is 1. The van der Waals surface area contributed by atoms with Crippen LogP contribution in [0.1, 0.15) is 39.9 Å². The number of aliphatic hydroxyl groups excluding tert-OH is 1. The van der Waals surface area contributed by atoms with Crippen molar-refractivity contribution >= 4 is 5.91 Å². The van der Waals surface area contributed by atoms with Crippen molar-refractivity contribution in [3.63, 3.8) is 0 Å². The summed E-state index contributed by atoms with van der Waals surface area (Å²) in [5, 5.41) is 10.1. The van der Waals surface area contributed by atoms with Crippen molar-refractivity contribution in [2.24, 2.45) is 5.41 Å². The molecule has 1 saturated heterocycles. The number of likely N-dealkylation sites (tertiary alicyclic amines) is 1. The van der Waals surface area contributed by atoms with Gasteiger partial charge >= 0.3 is 0 Å². The molecule has 0 aliphatic carbocycles. The average Bonchev–Trinajstić information content (AvgIpc) is 2.62. The number of aryl methyl sites for hydroxylation is 2. The SMILES string of the molecule is Cc1ccc(C(=O)N2CCCC(CO)(Cc3ccccc3)C2)c(C)c1.